The molecule has 2 unspecified atom stereocenters. The smallest absolute Gasteiger partial charge is 0.228 e. The molecule has 4 heteroatoms. The van der Waals surface area contributed by atoms with Crippen molar-refractivity contribution < 1.29 is 9.59 Å². The monoisotopic (exact) mass is 291 g/mol. The van der Waals surface area contributed by atoms with Gasteiger partial charge in [0.1, 0.15) is 5.78 Å². The molecule has 0 aromatic carbocycles. The van der Waals surface area contributed by atoms with Gasteiger partial charge in [0, 0.05) is 29.8 Å². The van der Waals surface area contributed by atoms with Crippen LogP contribution in [0.3, 0.4) is 0 Å². The van der Waals surface area contributed by atoms with Gasteiger partial charge in [-0.05, 0) is 37.1 Å². The van der Waals surface area contributed by atoms with Crippen LogP contribution in [0.15, 0.2) is 17.5 Å². The van der Waals surface area contributed by atoms with Crippen LogP contribution in [0.1, 0.15) is 43.4 Å². The number of nitrogens with zero attached hydrogens (tertiary/aromatic N) is 1. The summed E-state index contributed by atoms with van der Waals surface area (Å²) >= 11 is 1.63. The van der Waals surface area contributed by atoms with Crippen LogP contribution in [0.25, 0.3) is 0 Å². The molecule has 1 amide bonds. The minimum absolute atomic E-state index is 0.110. The third-order valence-corrected chi connectivity index (χ3v) is 5.47. The quantitative estimate of drug-likeness (QED) is 0.858. The zero-order valence-electron chi connectivity index (χ0n) is 11.7. The molecule has 2 atom stereocenters. The van der Waals surface area contributed by atoms with Gasteiger partial charge in [-0.3, -0.25) is 9.59 Å². The van der Waals surface area contributed by atoms with Crippen molar-refractivity contribution in [2.45, 2.75) is 51.0 Å². The molecule has 3 nitrogen and oxygen atoms in total. The molecule has 1 aliphatic carbocycles. The summed E-state index contributed by atoms with van der Waals surface area (Å²) in [6.07, 6.45) is 6.41. The van der Waals surface area contributed by atoms with Gasteiger partial charge in [0.2, 0.25) is 5.91 Å². The van der Waals surface area contributed by atoms with Crippen molar-refractivity contribution in [2.24, 2.45) is 5.92 Å². The number of hydrogen-bond donors (Lipinski definition) is 0. The number of carbonyl (C=O) groups excluding carboxylic acids is 2. The molecule has 2 aliphatic rings. The molecular weight excluding hydrogens is 270 g/mol. The second kappa shape index (κ2) is 6.08. The Morgan fingerprint density at radius 1 is 1.30 bits per heavy atom. The number of Topliss-reactive ketones (excluding diaryl/α,β-unsaturated/α-hetero) is 1. The summed E-state index contributed by atoms with van der Waals surface area (Å²) in [6.45, 7) is 0.832. The maximum atomic E-state index is 12.5. The highest BCUT2D eigenvalue weighted by molar-refractivity contribution is 7.10. The van der Waals surface area contributed by atoms with E-state index in [2.05, 4.69) is 0 Å². The van der Waals surface area contributed by atoms with E-state index < -0.39 is 0 Å². The Bertz CT molecular complexity index is 483. The fourth-order valence-corrected chi connectivity index (χ4v) is 4.30. The zero-order valence-corrected chi connectivity index (χ0v) is 12.5. The molecule has 2 fully saturated rings. The Hall–Kier alpha value is -1.16. The van der Waals surface area contributed by atoms with E-state index >= 15 is 0 Å². The summed E-state index contributed by atoms with van der Waals surface area (Å²) < 4.78 is 0. The van der Waals surface area contributed by atoms with Gasteiger partial charge >= 0.3 is 0 Å². The normalized spacial score (nSPS) is 27.0. The van der Waals surface area contributed by atoms with Crippen LogP contribution in [0.5, 0.6) is 0 Å². The lowest BCUT2D eigenvalue weighted by atomic mass is 9.82. The summed E-state index contributed by atoms with van der Waals surface area (Å²) in [6, 6.07) is 4.17. The Kier molecular flexibility index (Phi) is 4.20. The van der Waals surface area contributed by atoms with Gasteiger partial charge in [0.25, 0.3) is 0 Å². The lowest BCUT2D eigenvalue weighted by Crippen LogP contribution is -2.44. The summed E-state index contributed by atoms with van der Waals surface area (Å²) in [7, 11) is 0. The second-order valence-electron chi connectivity index (χ2n) is 5.87. The van der Waals surface area contributed by atoms with E-state index in [1.807, 2.05) is 22.4 Å². The first-order valence-corrected chi connectivity index (χ1v) is 8.48. The molecule has 1 saturated carbocycles. The highest BCUT2D eigenvalue weighted by Gasteiger charge is 2.38. The first-order valence-electron chi connectivity index (χ1n) is 7.60. The maximum Gasteiger partial charge on any atom is 0.228 e. The number of carbonyl (C=O) groups is 2. The third-order valence-electron chi connectivity index (χ3n) is 4.59. The van der Waals surface area contributed by atoms with Crippen molar-refractivity contribution in [2.75, 3.05) is 6.54 Å². The van der Waals surface area contributed by atoms with E-state index in [0.717, 1.165) is 43.5 Å². The number of thiophene rings is 1. The molecule has 3 rings (SSSR count). The SMILES string of the molecule is O=C1CCCCC1C1CCCN1C(=O)Cc1cccs1. The topological polar surface area (TPSA) is 37.4 Å². The minimum Gasteiger partial charge on any atom is -0.339 e. The fraction of sp³-hybridized carbons (Fsp3) is 0.625. The summed E-state index contributed by atoms with van der Waals surface area (Å²) in [4.78, 5) is 27.7. The molecule has 1 aliphatic heterocycles. The average Bonchev–Trinajstić information content (AvgIpc) is 3.09. The Labute approximate surface area is 124 Å². The van der Waals surface area contributed by atoms with Gasteiger partial charge in [-0.1, -0.05) is 12.5 Å². The van der Waals surface area contributed by atoms with Crippen LogP contribution in [0, 0.1) is 5.92 Å². The van der Waals surface area contributed by atoms with Crippen LogP contribution >= 0.6 is 11.3 Å². The third kappa shape index (κ3) is 2.80. The van der Waals surface area contributed by atoms with Crippen molar-refractivity contribution in [3.63, 3.8) is 0 Å². The largest absolute Gasteiger partial charge is 0.339 e. The van der Waals surface area contributed by atoms with E-state index in [1.165, 1.54) is 0 Å². The predicted molar refractivity (Wildman–Crippen MR) is 79.7 cm³/mol. The van der Waals surface area contributed by atoms with Crippen molar-refractivity contribution in [3.05, 3.63) is 22.4 Å². The zero-order chi connectivity index (χ0) is 13.9. The van der Waals surface area contributed by atoms with E-state index in [-0.39, 0.29) is 17.9 Å². The molecule has 2 heterocycles. The lowest BCUT2D eigenvalue weighted by molar-refractivity contribution is -0.135. The Balaban J connectivity index is 1.68. The summed E-state index contributed by atoms with van der Waals surface area (Å²) in [5.74, 6) is 0.698. The van der Waals surface area contributed by atoms with E-state index in [0.29, 0.717) is 18.6 Å². The number of hydrogen-bond acceptors (Lipinski definition) is 3. The first-order chi connectivity index (χ1) is 9.75. The second-order valence-corrected chi connectivity index (χ2v) is 6.90. The van der Waals surface area contributed by atoms with Gasteiger partial charge in [0.15, 0.2) is 0 Å². The Morgan fingerprint density at radius 3 is 2.95 bits per heavy atom. The predicted octanol–water partition coefficient (Wildman–Crippen LogP) is 3.04. The van der Waals surface area contributed by atoms with Crippen molar-refractivity contribution in [3.8, 4) is 0 Å². The first kappa shape index (κ1) is 13.8. The van der Waals surface area contributed by atoms with Crippen LogP contribution in [0.2, 0.25) is 0 Å². The molecule has 1 aromatic heterocycles. The van der Waals surface area contributed by atoms with Crippen molar-refractivity contribution >= 4 is 23.0 Å². The van der Waals surface area contributed by atoms with Crippen LogP contribution in [-0.2, 0) is 16.0 Å². The minimum atomic E-state index is 0.110. The van der Waals surface area contributed by atoms with Gasteiger partial charge in [-0.15, -0.1) is 11.3 Å². The standard InChI is InChI=1S/C16H21NO2S/c18-15-8-2-1-6-13(15)14-7-3-9-17(14)16(19)11-12-5-4-10-20-12/h4-5,10,13-14H,1-3,6-9,11H2. The number of ketones is 1. The summed E-state index contributed by atoms with van der Waals surface area (Å²) in [5.41, 5.74) is 0. The molecule has 1 saturated heterocycles. The molecular formula is C16H21NO2S. The van der Waals surface area contributed by atoms with E-state index in [1.54, 1.807) is 11.3 Å². The molecule has 0 N–H and O–H groups in total. The molecule has 0 bridgehead atoms. The molecule has 0 spiro atoms. The summed E-state index contributed by atoms with van der Waals surface area (Å²) in [5, 5.41) is 2.01. The van der Waals surface area contributed by atoms with Gasteiger partial charge in [-0.25, -0.2) is 0 Å². The highest BCUT2D eigenvalue weighted by Crippen LogP contribution is 2.32. The maximum absolute atomic E-state index is 12.5. The van der Waals surface area contributed by atoms with Gasteiger partial charge in [-0.2, -0.15) is 0 Å². The lowest BCUT2D eigenvalue weighted by Gasteiger charge is -2.33. The molecule has 1 aromatic rings. The van der Waals surface area contributed by atoms with Crippen molar-refractivity contribution in [1.82, 2.24) is 4.90 Å². The van der Waals surface area contributed by atoms with Crippen LogP contribution in [-0.4, -0.2) is 29.2 Å². The van der Waals surface area contributed by atoms with E-state index in [4.69, 9.17) is 0 Å². The highest BCUT2D eigenvalue weighted by atomic mass is 32.1. The fourth-order valence-electron chi connectivity index (χ4n) is 3.60. The molecule has 20 heavy (non-hydrogen) atoms. The van der Waals surface area contributed by atoms with Crippen LogP contribution < -0.4 is 0 Å². The molecule has 0 radical (unpaired) electrons. The van der Waals surface area contributed by atoms with Gasteiger partial charge in [0.05, 0.1) is 6.42 Å². The average molecular weight is 291 g/mol. The van der Waals surface area contributed by atoms with E-state index in [9.17, 15) is 9.59 Å². The van der Waals surface area contributed by atoms with Crippen molar-refractivity contribution in [1.29, 1.82) is 0 Å². The Morgan fingerprint density at radius 2 is 2.20 bits per heavy atom. The number of likely N-dealkylation sites (tertiary alicyclic amines) is 1. The molecule has 108 valence electrons. The van der Waals surface area contributed by atoms with Gasteiger partial charge < -0.3 is 4.90 Å². The van der Waals surface area contributed by atoms with Crippen LogP contribution in [0.4, 0.5) is 0 Å². The number of amides is 1. The number of rotatable bonds is 3.